The van der Waals surface area contributed by atoms with Crippen LogP contribution in [0.4, 0.5) is 0 Å². The van der Waals surface area contributed by atoms with Gasteiger partial charge in [-0.2, -0.15) is 0 Å². The van der Waals surface area contributed by atoms with Crippen molar-refractivity contribution >= 4 is 15.7 Å². The molecule has 0 aromatic carbocycles. The third kappa shape index (κ3) is 4.00. The van der Waals surface area contributed by atoms with E-state index >= 15 is 0 Å². The molecule has 1 aromatic rings. The summed E-state index contributed by atoms with van der Waals surface area (Å²) in [5.41, 5.74) is 0.686. The summed E-state index contributed by atoms with van der Waals surface area (Å²) >= 11 is 0. The van der Waals surface area contributed by atoms with Gasteiger partial charge in [0.2, 0.25) is 0 Å². The fraction of sp³-hybridized carbons (Fsp3) is 0.857. The molecule has 0 amide bonds. The standard InChI is InChI=1S/C14H21B2N3O5/c1-20-7-11-9(3-12(15)23-11)19-5-8(17-18-19)6-22-14-10(21-2)4-13(16)24-14/h5,9-14H,3-4,6-7H2,1-2H3/t9-,10-,11-,12-,13-,14+/m1/s1. The van der Waals surface area contributed by atoms with Crippen LogP contribution >= 0.6 is 0 Å². The first-order valence-electron chi connectivity index (χ1n) is 7.96. The van der Waals surface area contributed by atoms with E-state index in [1.165, 1.54) is 0 Å². The lowest BCUT2D eigenvalue weighted by molar-refractivity contribution is -0.169. The molecule has 0 spiro atoms. The van der Waals surface area contributed by atoms with E-state index in [-0.39, 0.29) is 36.9 Å². The zero-order valence-corrected chi connectivity index (χ0v) is 13.9. The van der Waals surface area contributed by atoms with Crippen molar-refractivity contribution in [1.82, 2.24) is 15.0 Å². The number of hydrogen-bond acceptors (Lipinski definition) is 7. The summed E-state index contributed by atoms with van der Waals surface area (Å²) in [7, 11) is 14.9. The van der Waals surface area contributed by atoms with Crippen molar-refractivity contribution in [3.05, 3.63) is 11.9 Å². The zero-order chi connectivity index (χ0) is 17.1. The molecule has 10 heteroatoms. The van der Waals surface area contributed by atoms with Crippen molar-refractivity contribution in [2.45, 2.75) is 56.0 Å². The highest BCUT2D eigenvalue weighted by Crippen LogP contribution is 2.29. The number of aromatic nitrogens is 3. The van der Waals surface area contributed by atoms with E-state index in [4.69, 9.17) is 39.4 Å². The third-order valence-corrected chi connectivity index (χ3v) is 4.26. The maximum atomic E-state index is 5.87. The fourth-order valence-electron chi connectivity index (χ4n) is 3.07. The highest BCUT2D eigenvalue weighted by Gasteiger charge is 2.35. The van der Waals surface area contributed by atoms with Gasteiger partial charge in [-0.1, -0.05) is 5.21 Å². The van der Waals surface area contributed by atoms with Crippen molar-refractivity contribution in [3.8, 4) is 0 Å². The van der Waals surface area contributed by atoms with E-state index in [9.17, 15) is 0 Å². The lowest BCUT2D eigenvalue weighted by atomic mass is 9.95. The molecule has 128 valence electrons. The second-order valence-corrected chi connectivity index (χ2v) is 6.03. The topological polar surface area (TPSA) is 76.9 Å². The second kappa shape index (κ2) is 7.97. The van der Waals surface area contributed by atoms with E-state index in [1.807, 2.05) is 6.20 Å². The Morgan fingerprint density at radius 1 is 1.25 bits per heavy atom. The molecule has 0 unspecified atom stereocenters. The largest absolute Gasteiger partial charge is 0.382 e. The van der Waals surface area contributed by atoms with Gasteiger partial charge in [0.1, 0.15) is 33.6 Å². The Bertz CT molecular complexity index is 534. The van der Waals surface area contributed by atoms with Crippen LogP contribution in [-0.4, -0.2) is 82.0 Å². The number of hydrogen-bond donors (Lipinski definition) is 0. The van der Waals surface area contributed by atoms with Gasteiger partial charge >= 0.3 is 0 Å². The summed E-state index contributed by atoms with van der Waals surface area (Å²) in [5, 5.41) is 8.30. The molecule has 0 aliphatic carbocycles. The van der Waals surface area contributed by atoms with E-state index in [0.717, 1.165) is 0 Å². The van der Waals surface area contributed by atoms with Gasteiger partial charge in [-0.15, -0.1) is 5.10 Å². The third-order valence-electron chi connectivity index (χ3n) is 4.26. The number of nitrogens with zero attached hydrogens (tertiary/aromatic N) is 3. The minimum atomic E-state index is -0.500. The predicted molar refractivity (Wildman–Crippen MR) is 84.6 cm³/mol. The molecule has 6 atom stereocenters. The lowest BCUT2D eigenvalue weighted by Crippen LogP contribution is -2.26. The van der Waals surface area contributed by atoms with Gasteiger partial charge in [0.05, 0.1) is 25.5 Å². The van der Waals surface area contributed by atoms with Crippen molar-refractivity contribution in [2.75, 3.05) is 20.8 Å². The van der Waals surface area contributed by atoms with Gasteiger partial charge in [0.15, 0.2) is 6.29 Å². The van der Waals surface area contributed by atoms with Crippen molar-refractivity contribution in [2.24, 2.45) is 0 Å². The Labute approximate surface area is 143 Å². The quantitative estimate of drug-likeness (QED) is 0.624. The first-order valence-corrected chi connectivity index (χ1v) is 7.96. The van der Waals surface area contributed by atoms with Gasteiger partial charge < -0.3 is 23.7 Å². The Morgan fingerprint density at radius 3 is 2.79 bits per heavy atom. The van der Waals surface area contributed by atoms with Crippen LogP contribution in [0.25, 0.3) is 0 Å². The molecule has 0 saturated carbocycles. The predicted octanol–water partition coefficient (Wildman–Crippen LogP) is -0.478. The molecule has 2 aliphatic heterocycles. The molecular weight excluding hydrogens is 312 g/mol. The Balaban J connectivity index is 1.57. The normalized spacial score (nSPS) is 36.4. The van der Waals surface area contributed by atoms with Crippen LogP contribution in [0.1, 0.15) is 24.6 Å². The summed E-state index contributed by atoms with van der Waals surface area (Å²) in [6.45, 7) is 0.708. The molecule has 0 N–H and O–H groups in total. The summed E-state index contributed by atoms with van der Waals surface area (Å²) in [6.07, 6.45) is 2.26. The summed E-state index contributed by atoms with van der Waals surface area (Å²) in [4.78, 5) is 0. The first-order chi connectivity index (χ1) is 11.6. The molecule has 2 saturated heterocycles. The van der Waals surface area contributed by atoms with Crippen LogP contribution in [0.2, 0.25) is 0 Å². The lowest BCUT2D eigenvalue weighted by Gasteiger charge is -2.18. The van der Waals surface area contributed by atoms with Gasteiger partial charge in [-0.3, -0.25) is 0 Å². The van der Waals surface area contributed by atoms with E-state index in [2.05, 4.69) is 10.3 Å². The Hall–Kier alpha value is -0.930. The van der Waals surface area contributed by atoms with Gasteiger partial charge in [-0.05, 0) is 12.8 Å². The Kier molecular flexibility index (Phi) is 5.93. The highest BCUT2D eigenvalue weighted by molar-refractivity contribution is 6.11. The van der Waals surface area contributed by atoms with Crippen LogP contribution in [0.5, 0.6) is 0 Å². The molecule has 0 bridgehead atoms. The molecule has 2 aliphatic rings. The van der Waals surface area contributed by atoms with Crippen LogP contribution in [0, 0.1) is 0 Å². The molecule has 4 radical (unpaired) electrons. The maximum Gasteiger partial charge on any atom is 0.183 e. The van der Waals surface area contributed by atoms with Crippen molar-refractivity contribution < 1.29 is 23.7 Å². The van der Waals surface area contributed by atoms with Crippen LogP contribution in [-0.2, 0) is 30.3 Å². The van der Waals surface area contributed by atoms with Gasteiger partial charge in [0.25, 0.3) is 0 Å². The summed E-state index contributed by atoms with van der Waals surface area (Å²) in [6, 6.07) is -0.707. The second-order valence-electron chi connectivity index (χ2n) is 6.03. The fourth-order valence-corrected chi connectivity index (χ4v) is 3.07. The van der Waals surface area contributed by atoms with E-state index < -0.39 is 6.29 Å². The molecule has 3 heterocycles. The van der Waals surface area contributed by atoms with E-state index in [0.29, 0.717) is 25.1 Å². The highest BCUT2D eigenvalue weighted by atomic mass is 16.7. The summed E-state index contributed by atoms with van der Waals surface area (Å²) < 4.78 is 29.1. The number of ether oxygens (including phenoxy) is 5. The van der Waals surface area contributed by atoms with Crippen molar-refractivity contribution in [3.63, 3.8) is 0 Å². The molecule has 2 fully saturated rings. The van der Waals surface area contributed by atoms with Crippen LogP contribution in [0.3, 0.4) is 0 Å². The van der Waals surface area contributed by atoms with Crippen LogP contribution < -0.4 is 0 Å². The average molecular weight is 333 g/mol. The SMILES string of the molecule is [B][C@H]1C[C@@H](OC)[C@@H](OCc2cn([C@@H]3C[C@H]([B])O[C@@H]3COC)nn2)O1. The molecule has 1 aromatic heterocycles. The Morgan fingerprint density at radius 2 is 2.04 bits per heavy atom. The summed E-state index contributed by atoms with van der Waals surface area (Å²) in [5.74, 6) is 0. The molecule has 8 nitrogen and oxygen atoms in total. The number of rotatable bonds is 7. The molecule has 3 rings (SSSR count). The van der Waals surface area contributed by atoms with Crippen molar-refractivity contribution in [1.29, 1.82) is 0 Å². The molecular formula is C14H21B2N3O5. The zero-order valence-electron chi connectivity index (χ0n) is 13.9. The van der Waals surface area contributed by atoms with E-state index in [1.54, 1.807) is 18.9 Å². The minimum absolute atomic E-state index is 0.0101. The maximum absolute atomic E-state index is 5.87. The molecule has 24 heavy (non-hydrogen) atoms. The van der Waals surface area contributed by atoms with Crippen LogP contribution in [0.15, 0.2) is 6.20 Å². The van der Waals surface area contributed by atoms with Gasteiger partial charge in [-0.25, -0.2) is 4.68 Å². The first kappa shape index (κ1) is 17.9. The average Bonchev–Trinajstić information content (AvgIpc) is 3.24. The minimum Gasteiger partial charge on any atom is -0.382 e. The number of methoxy groups -OCH3 is 2. The smallest absolute Gasteiger partial charge is 0.183 e. The monoisotopic (exact) mass is 333 g/mol. The van der Waals surface area contributed by atoms with Gasteiger partial charge in [0, 0.05) is 26.2 Å².